The van der Waals surface area contributed by atoms with Crippen molar-refractivity contribution < 1.29 is 9.59 Å². The summed E-state index contributed by atoms with van der Waals surface area (Å²) in [4.78, 5) is 28.9. The minimum absolute atomic E-state index is 0.0917. The van der Waals surface area contributed by atoms with Crippen LogP contribution in [0.2, 0.25) is 0 Å². The van der Waals surface area contributed by atoms with Gasteiger partial charge in [0.05, 0.1) is 5.75 Å². The number of rotatable bonds is 8. The van der Waals surface area contributed by atoms with Crippen LogP contribution in [0.4, 0.5) is 5.13 Å². The summed E-state index contributed by atoms with van der Waals surface area (Å²) in [6.07, 6.45) is 13.1. The fourth-order valence-electron chi connectivity index (χ4n) is 4.96. The minimum Gasteiger partial charge on any atom is -0.353 e. The van der Waals surface area contributed by atoms with Crippen molar-refractivity contribution in [3.63, 3.8) is 0 Å². The van der Waals surface area contributed by atoms with E-state index in [0.717, 1.165) is 60.8 Å². The highest BCUT2D eigenvalue weighted by molar-refractivity contribution is 8.01. The van der Waals surface area contributed by atoms with Gasteiger partial charge in [0.2, 0.25) is 16.9 Å². The number of aromatic nitrogens is 2. The number of nitrogens with zero attached hydrogens (tertiary/aromatic N) is 4. The molecule has 172 valence electrons. The molecule has 0 bridgehead atoms. The second-order valence-electron chi connectivity index (χ2n) is 9.10. The molecule has 4 rings (SSSR count). The Morgan fingerprint density at radius 3 is 2.42 bits per heavy atom. The maximum atomic E-state index is 12.6. The number of piperazine rings is 1. The second kappa shape index (κ2) is 11.5. The predicted molar refractivity (Wildman–Crippen MR) is 126 cm³/mol. The number of carbonyl (C=O) groups excluding carboxylic acids is 2. The lowest BCUT2D eigenvalue weighted by molar-refractivity contribution is -0.131. The Balaban J connectivity index is 1.15. The zero-order valence-corrected chi connectivity index (χ0v) is 20.0. The van der Waals surface area contributed by atoms with Gasteiger partial charge in [0, 0.05) is 38.6 Å². The summed E-state index contributed by atoms with van der Waals surface area (Å²) in [7, 11) is 0. The Morgan fingerprint density at radius 2 is 1.68 bits per heavy atom. The van der Waals surface area contributed by atoms with Crippen molar-refractivity contribution in [2.75, 3.05) is 36.8 Å². The van der Waals surface area contributed by atoms with Crippen LogP contribution in [-0.2, 0) is 9.59 Å². The average molecular weight is 466 g/mol. The SMILES string of the molecule is O=C(CSc1nnc(N2CCN(C(=O)CCC3CCCCC3)CC2)s1)NC1CCCC1. The van der Waals surface area contributed by atoms with Crippen molar-refractivity contribution in [3.8, 4) is 0 Å². The van der Waals surface area contributed by atoms with Crippen LogP contribution >= 0.6 is 23.1 Å². The molecule has 2 aliphatic carbocycles. The summed E-state index contributed by atoms with van der Waals surface area (Å²) in [6.45, 7) is 3.12. The van der Waals surface area contributed by atoms with Gasteiger partial charge in [-0.05, 0) is 25.2 Å². The van der Waals surface area contributed by atoms with Gasteiger partial charge in [-0.25, -0.2) is 0 Å². The van der Waals surface area contributed by atoms with E-state index >= 15 is 0 Å². The van der Waals surface area contributed by atoms with Gasteiger partial charge in [0.1, 0.15) is 0 Å². The highest BCUT2D eigenvalue weighted by Gasteiger charge is 2.24. The molecule has 3 fully saturated rings. The quantitative estimate of drug-likeness (QED) is 0.590. The van der Waals surface area contributed by atoms with E-state index in [4.69, 9.17) is 0 Å². The van der Waals surface area contributed by atoms with Gasteiger partial charge in [0.25, 0.3) is 0 Å². The molecule has 2 saturated carbocycles. The first kappa shape index (κ1) is 22.8. The van der Waals surface area contributed by atoms with Crippen molar-refractivity contribution >= 4 is 40.0 Å². The standard InChI is InChI=1S/C22H35N5O2S2/c28-19(23-18-8-4-5-9-18)16-30-22-25-24-21(31-22)27-14-12-26(13-15-27)20(29)11-10-17-6-2-1-3-7-17/h17-18H,1-16H2,(H,23,28). The van der Waals surface area contributed by atoms with Crippen molar-refractivity contribution in [1.82, 2.24) is 20.4 Å². The first-order valence-electron chi connectivity index (χ1n) is 12.0. The third-order valence-corrected chi connectivity index (χ3v) is 8.95. The van der Waals surface area contributed by atoms with E-state index in [1.807, 2.05) is 4.90 Å². The average Bonchev–Trinajstić information content (AvgIpc) is 3.49. The van der Waals surface area contributed by atoms with E-state index in [9.17, 15) is 9.59 Å². The van der Waals surface area contributed by atoms with Gasteiger partial charge in [-0.3, -0.25) is 9.59 Å². The van der Waals surface area contributed by atoms with Gasteiger partial charge in [-0.2, -0.15) is 0 Å². The Hall–Kier alpha value is -1.35. The number of nitrogens with one attached hydrogen (secondary N) is 1. The molecule has 1 aromatic heterocycles. The zero-order valence-electron chi connectivity index (χ0n) is 18.4. The molecule has 0 spiro atoms. The molecule has 7 nitrogen and oxygen atoms in total. The van der Waals surface area contributed by atoms with Crippen LogP contribution in [0.5, 0.6) is 0 Å². The molecule has 1 saturated heterocycles. The van der Waals surface area contributed by atoms with Crippen LogP contribution in [0, 0.1) is 5.92 Å². The Morgan fingerprint density at radius 1 is 0.968 bits per heavy atom. The van der Waals surface area contributed by atoms with Gasteiger partial charge < -0.3 is 15.1 Å². The molecule has 1 aliphatic heterocycles. The minimum atomic E-state index is 0.0917. The lowest BCUT2D eigenvalue weighted by atomic mass is 9.86. The summed E-state index contributed by atoms with van der Waals surface area (Å²) < 4.78 is 0.836. The molecule has 1 aromatic rings. The molecule has 9 heteroatoms. The normalized spacial score (nSPS) is 20.9. The van der Waals surface area contributed by atoms with Crippen molar-refractivity contribution in [2.24, 2.45) is 5.92 Å². The molecule has 2 heterocycles. The van der Waals surface area contributed by atoms with Crippen LogP contribution in [0.15, 0.2) is 4.34 Å². The largest absolute Gasteiger partial charge is 0.353 e. The van der Waals surface area contributed by atoms with Crippen molar-refractivity contribution in [2.45, 2.75) is 81.0 Å². The zero-order chi connectivity index (χ0) is 21.5. The molecule has 0 radical (unpaired) electrons. The third kappa shape index (κ3) is 6.81. The number of hydrogen-bond acceptors (Lipinski definition) is 7. The lowest BCUT2D eigenvalue weighted by Crippen LogP contribution is -2.48. The van der Waals surface area contributed by atoms with E-state index in [1.165, 1.54) is 56.7 Å². The third-order valence-electron chi connectivity index (χ3n) is 6.84. The summed E-state index contributed by atoms with van der Waals surface area (Å²) in [5.74, 6) is 1.56. The van der Waals surface area contributed by atoms with Gasteiger partial charge >= 0.3 is 0 Å². The predicted octanol–water partition coefficient (Wildman–Crippen LogP) is 3.70. The van der Waals surface area contributed by atoms with E-state index in [1.54, 1.807) is 11.3 Å². The molecule has 0 aromatic carbocycles. The summed E-state index contributed by atoms with van der Waals surface area (Å²) in [6, 6.07) is 0.361. The van der Waals surface area contributed by atoms with Crippen molar-refractivity contribution in [3.05, 3.63) is 0 Å². The Kier molecular flexibility index (Phi) is 8.47. The van der Waals surface area contributed by atoms with Crippen molar-refractivity contribution in [1.29, 1.82) is 0 Å². The van der Waals surface area contributed by atoms with E-state index in [2.05, 4.69) is 20.4 Å². The molecule has 2 amide bonds. The monoisotopic (exact) mass is 465 g/mol. The van der Waals surface area contributed by atoms with Crippen LogP contribution in [0.3, 0.4) is 0 Å². The van der Waals surface area contributed by atoms with Crippen LogP contribution in [0.25, 0.3) is 0 Å². The van der Waals surface area contributed by atoms with Gasteiger partial charge in [-0.15, -0.1) is 10.2 Å². The smallest absolute Gasteiger partial charge is 0.230 e. The number of anilines is 1. The number of thioether (sulfide) groups is 1. The number of carbonyl (C=O) groups is 2. The molecule has 31 heavy (non-hydrogen) atoms. The van der Waals surface area contributed by atoms with Gasteiger partial charge in [-0.1, -0.05) is 68.0 Å². The second-order valence-corrected chi connectivity index (χ2v) is 11.3. The first-order valence-corrected chi connectivity index (χ1v) is 13.8. The summed E-state index contributed by atoms with van der Waals surface area (Å²) in [5, 5.41) is 12.6. The highest BCUT2D eigenvalue weighted by atomic mass is 32.2. The maximum Gasteiger partial charge on any atom is 0.230 e. The molecule has 0 atom stereocenters. The molecule has 0 unspecified atom stereocenters. The topological polar surface area (TPSA) is 78.4 Å². The number of hydrogen-bond donors (Lipinski definition) is 1. The van der Waals surface area contributed by atoms with Crippen LogP contribution in [0.1, 0.15) is 70.6 Å². The lowest BCUT2D eigenvalue weighted by Gasteiger charge is -2.34. The van der Waals surface area contributed by atoms with E-state index in [-0.39, 0.29) is 5.91 Å². The number of amides is 2. The molecular weight excluding hydrogens is 430 g/mol. The summed E-state index contributed by atoms with van der Waals surface area (Å²) in [5.41, 5.74) is 0. The molecular formula is C22H35N5O2S2. The first-order chi connectivity index (χ1) is 15.2. The Labute approximate surface area is 193 Å². The van der Waals surface area contributed by atoms with Gasteiger partial charge in [0.15, 0.2) is 4.34 Å². The van der Waals surface area contributed by atoms with E-state index in [0.29, 0.717) is 24.1 Å². The van der Waals surface area contributed by atoms with Crippen LogP contribution in [-0.4, -0.2) is 64.9 Å². The summed E-state index contributed by atoms with van der Waals surface area (Å²) >= 11 is 3.01. The van der Waals surface area contributed by atoms with Crippen LogP contribution < -0.4 is 10.2 Å². The molecule has 3 aliphatic rings. The Bertz CT molecular complexity index is 723. The van der Waals surface area contributed by atoms with E-state index < -0.39 is 0 Å². The fraction of sp³-hybridized carbons (Fsp3) is 0.818. The highest BCUT2D eigenvalue weighted by Crippen LogP contribution is 2.30. The maximum absolute atomic E-state index is 12.6. The molecule has 1 N–H and O–H groups in total. The fourth-order valence-corrected chi connectivity index (χ4v) is 6.67.